The van der Waals surface area contributed by atoms with Crippen molar-refractivity contribution in [2.24, 2.45) is 7.05 Å². The van der Waals surface area contributed by atoms with E-state index in [9.17, 15) is 18.0 Å². The normalized spacial score (nSPS) is 11.3. The van der Waals surface area contributed by atoms with Gasteiger partial charge in [-0.3, -0.25) is 24.0 Å². The van der Waals surface area contributed by atoms with Gasteiger partial charge in [-0.05, 0) is 59.3 Å². The lowest BCUT2D eigenvalue weighted by Gasteiger charge is -2.10. The number of benzene rings is 2. The third kappa shape index (κ3) is 4.66. The number of rotatable bonds is 6. The zero-order valence-corrected chi connectivity index (χ0v) is 20.6. The van der Waals surface area contributed by atoms with Crippen molar-refractivity contribution in [3.63, 3.8) is 0 Å². The van der Waals surface area contributed by atoms with Gasteiger partial charge in [-0.2, -0.15) is 0 Å². The Balaban J connectivity index is 1.63. The molecule has 4 rings (SSSR count). The number of para-hydroxylation sites is 1. The fourth-order valence-corrected chi connectivity index (χ4v) is 4.89. The Kier molecular flexibility index (Phi) is 6.40. The Morgan fingerprint density at radius 1 is 1.03 bits per heavy atom. The molecule has 11 heteroatoms. The molecule has 2 heterocycles. The molecule has 0 aliphatic heterocycles. The number of amides is 1. The summed E-state index contributed by atoms with van der Waals surface area (Å²) < 4.78 is 32.3. The van der Waals surface area contributed by atoms with Crippen molar-refractivity contribution in [1.29, 1.82) is 0 Å². The van der Waals surface area contributed by atoms with Crippen LogP contribution in [-0.2, 0) is 17.1 Å². The Hall–Kier alpha value is -3.70. The van der Waals surface area contributed by atoms with Gasteiger partial charge in [0.15, 0.2) is 0 Å². The Morgan fingerprint density at radius 2 is 1.76 bits per heavy atom. The van der Waals surface area contributed by atoms with Gasteiger partial charge in [-0.15, -0.1) is 0 Å². The number of sulfonamides is 1. The lowest BCUT2D eigenvalue weighted by atomic mass is 10.2. The minimum absolute atomic E-state index is 0.0546. The van der Waals surface area contributed by atoms with Crippen molar-refractivity contribution in [3.8, 4) is 5.69 Å². The van der Waals surface area contributed by atoms with E-state index in [0.29, 0.717) is 21.4 Å². The minimum atomic E-state index is -4.12. The maximum atomic E-state index is 13.1. The summed E-state index contributed by atoms with van der Waals surface area (Å²) in [5.41, 5.74) is 1.09. The van der Waals surface area contributed by atoms with E-state index in [1.807, 2.05) is 6.07 Å². The lowest BCUT2D eigenvalue weighted by Crippen LogP contribution is -2.23. The second kappa shape index (κ2) is 9.27. The molecule has 2 aromatic carbocycles. The summed E-state index contributed by atoms with van der Waals surface area (Å²) in [5, 5.41) is 2.66. The summed E-state index contributed by atoms with van der Waals surface area (Å²) in [6.07, 6.45) is 2.95. The number of halogens is 1. The number of pyridine rings is 1. The molecular formula is C23H20BrN5O4S. The first kappa shape index (κ1) is 23.5. The third-order valence-corrected chi connectivity index (χ3v) is 6.94. The van der Waals surface area contributed by atoms with E-state index < -0.39 is 21.5 Å². The number of hydrogen-bond acceptors (Lipinski definition) is 5. The number of anilines is 2. The summed E-state index contributed by atoms with van der Waals surface area (Å²) in [6.45, 7) is 1.65. The monoisotopic (exact) mass is 541 g/mol. The molecule has 2 aromatic heterocycles. The molecule has 0 saturated heterocycles. The molecule has 0 unspecified atom stereocenters. The van der Waals surface area contributed by atoms with E-state index >= 15 is 0 Å². The first-order valence-electron chi connectivity index (χ1n) is 10.1. The van der Waals surface area contributed by atoms with Crippen LogP contribution in [0, 0.1) is 6.92 Å². The predicted octanol–water partition coefficient (Wildman–Crippen LogP) is 3.70. The Morgan fingerprint density at radius 3 is 2.47 bits per heavy atom. The molecule has 0 bridgehead atoms. The second-order valence-electron chi connectivity index (χ2n) is 7.42. The lowest BCUT2D eigenvalue weighted by molar-refractivity contribution is 0.102. The molecule has 9 nitrogen and oxygen atoms in total. The summed E-state index contributed by atoms with van der Waals surface area (Å²) >= 11 is 3.26. The van der Waals surface area contributed by atoms with Crippen LogP contribution in [-0.4, -0.2) is 28.7 Å². The SMILES string of the molecule is Cc1c(NS(=O)(=O)c2cccc(NC(=O)c3cncc(Br)c3)c2)c(=O)n(-c2ccccc2)n1C. The van der Waals surface area contributed by atoms with Crippen LogP contribution in [0.4, 0.5) is 11.4 Å². The van der Waals surface area contributed by atoms with E-state index in [2.05, 4.69) is 31.0 Å². The number of carbonyl (C=O) groups excluding carboxylic acids is 1. The van der Waals surface area contributed by atoms with Crippen molar-refractivity contribution >= 4 is 43.2 Å². The highest BCUT2D eigenvalue weighted by atomic mass is 79.9. The molecule has 0 spiro atoms. The number of hydrogen-bond donors (Lipinski definition) is 2. The van der Waals surface area contributed by atoms with Crippen molar-refractivity contribution < 1.29 is 13.2 Å². The smallest absolute Gasteiger partial charge is 0.296 e. The van der Waals surface area contributed by atoms with Gasteiger partial charge in [0.1, 0.15) is 5.69 Å². The third-order valence-electron chi connectivity index (χ3n) is 5.16. The zero-order valence-electron chi connectivity index (χ0n) is 18.2. The molecule has 0 aliphatic rings. The largest absolute Gasteiger partial charge is 0.322 e. The van der Waals surface area contributed by atoms with Gasteiger partial charge in [-0.1, -0.05) is 24.3 Å². The van der Waals surface area contributed by atoms with Crippen molar-refractivity contribution in [1.82, 2.24) is 14.3 Å². The van der Waals surface area contributed by atoms with Crippen molar-refractivity contribution in [2.75, 3.05) is 10.0 Å². The van der Waals surface area contributed by atoms with Crippen LogP contribution in [0.3, 0.4) is 0 Å². The number of aromatic nitrogens is 3. The highest BCUT2D eigenvalue weighted by Crippen LogP contribution is 2.21. The predicted molar refractivity (Wildman–Crippen MR) is 133 cm³/mol. The number of nitrogens with one attached hydrogen (secondary N) is 2. The van der Waals surface area contributed by atoms with Crippen LogP contribution in [0.5, 0.6) is 0 Å². The van der Waals surface area contributed by atoms with E-state index in [-0.39, 0.29) is 16.3 Å². The molecule has 2 N–H and O–H groups in total. The first-order valence-corrected chi connectivity index (χ1v) is 12.3. The van der Waals surface area contributed by atoms with Crippen LogP contribution in [0.2, 0.25) is 0 Å². The quantitative estimate of drug-likeness (QED) is 0.386. The molecule has 0 aliphatic carbocycles. The minimum Gasteiger partial charge on any atom is -0.322 e. The topological polar surface area (TPSA) is 115 Å². The van der Waals surface area contributed by atoms with Crippen LogP contribution in [0.1, 0.15) is 16.1 Å². The molecule has 0 atom stereocenters. The fourth-order valence-electron chi connectivity index (χ4n) is 3.36. The van der Waals surface area contributed by atoms with Gasteiger partial charge < -0.3 is 5.32 Å². The maximum Gasteiger partial charge on any atom is 0.296 e. The summed E-state index contributed by atoms with van der Waals surface area (Å²) in [7, 11) is -2.45. The highest BCUT2D eigenvalue weighted by Gasteiger charge is 2.23. The van der Waals surface area contributed by atoms with Crippen molar-refractivity contribution in [2.45, 2.75) is 11.8 Å². The molecule has 0 fully saturated rings. The van der Waals surface area contributed by atoms with E-state index in [1.165, 1.54) is 29.1 Å². The Bertz CT molecular complexity index is 1550. The molecule has 4 aromatic rings. The van der Waals surface area contributed by atoms with Gasteiger partial charge in [0.2, 0.25) is 0 Å². The number of nitrogens with zero attached hydrogens (tertiary/aromatic N) is 3. The van der Waals surface area contributed by atoms with E-state index in [4.69, 9.17) is 0 Å². The van der Waals surface area contributed by atoms with Crippen LogP contribution in [0.25, 0.3) is 5.69 Å². The average Bonchev–Trinajstić information content (AvgIpc) is 3.02. The standard InChI is InChI=1S/C23H20BrN5O4S/c1-15-21(23(31)29(28(15)2)19-8-4-3-5-9-19)27-34(32,33)20-10-6-7-18(12-20)26-22(30)16-11-17(24)14-25-13-16/h3-14,27H,1-2H3,(H,26,30). The van der Waals surface area contributed by atoms with E-state index in [0.717, 1.165) is 0 Å². The fraction of sp³-hybridized carbons (Fsp3) is 0.0870. The van der Waals surface area contributed by atoms with Crippen LogP contribution < -0.4 is 15.6 Å². The molecular weight excluding hydrogens is 522 g/mol. The summed E-state index contributed by atoms with van der Waals surface area (Å²) in [5.74, 6) is -0.444. The first-order chi connectivity index (χ1) is 16.2. The van der Waals surface area contributed by atoms with Gasteiger partial charge in [0.05, 0.1) is 21.8 Å². The molecule has 1 amide bonds. The summed E-state index contributed by atoms with van der Waals surface area (Å²) in [6, 6.07) is 16.3. The summed E-state index contributed by atoms with van der Waals surface area (Å²) in [4.78, 5) is 29.4. The molecule has 174 valence electrons. The van der Waals surface area contributed by atoms with Gasteiger partial charge in [-0.25, -0.2) is 13.1 Å². The maximum absolute atomic E-state index is 13.1. The molecule has 0 radical (unpaired) electrons. The second-order valence-corrected chi connectivity index (χ2v) is 10.0. The van der Waals surface area contributed by atoms with Crippen molar-refractivity contribution in [3.05, 3.63) is 99.1 Å². The average molecular weight is 542 g/mol. The Labute approximate surface area is 204 Å². The van der Waals surface area contributed by atoms with Gasteiger partial charge in [0, 0.05) is 29.6 Å². The molecule has 34 heavy (non-hydrogen) atoms. The van der Waals surface area contributed by atoms with Crippen LogP contribution in [0.15, 0.2) is 87.2 Å². The van der Waals surface area contributed by atoms with Gasteiger partial charge in [0.25, 0.3) is 21.5 Å². The highest BCUT2D eigenvalue weighted by molar-refractivity contribution is 9.10. The number of carbonyl (C=O) groups is 1. The van der Waals surface area contributed by atoms with E-state index in [1.54, 1.807) is 61.2 Å². The van der Waals surface area contributed by atoms with Crippen LogP contribution >= 0.6 is 15.9 Å². The molecule has 0 saturated carbocycles. The van der Waals surface area contributed by atoms with Gasteiger partial charge >= 0.3 is 0 Å². The zero-order chi connectivity index (χ0) is 24.5.